The van der Waals surface area contributed by atoms with Gasteiger partial charge in [-0.25, -0.2) is 44.9 Å². The van der Waals surface area contributed by atoms with Gasteiger partial charge in [-0.1, -0.05) is 6.92 Å². The predicted molar refractivity (Wildman–Crippen MR) is 364 cm³/mol. The number of nitrogens with one attached hydrogen (secondary N) is 3. The van der Waals surface area contributed by atoms with Crippen LogP contribution in [-0.4, -0.2) is 175 Å². The van der Waals surface area contributed by atoms with Gasteiger partial charge in [-0.15, -0.1) is 0 Å². The minimum absolute atomic E-state index is 0.123. The van der Waals surface area contributed by atoms with E-state index in [0.29, 0.717) is 29.9 Å². The lowest BCUT2D eigenvalue weighted by atomic mass is 9.93. The third-order valence-electron chi connectivity index (χ3n) is 18.3. The zero-order valence-electron chi connectivity index (χ0n) is 54.1. The Hall–Kier alpha value is -9.51. The maximum atomic E-state index is 8.98. The number of aryl methyl sites for hydroxylation is 2. The molecule has 3 saturated heterocycles. The summed E-state index contributed by atoms with van der Waals surface area (Å²) in [6.45, 7) is 13.7. The predicted octanol–water partition coefficient (Wildman–Crippen LogP) is 9.92. The van der Waals surface area contributed by atoms with Crippen LogP contribution in [0.15, 0.2) is 110 Å². The summed E-state index contributed by atoms with van der Waals surface area (Å²) in [4.78, 5) is 59.8. The van der Waals surface area contributed by atoms with Crippen molar-refractivity contribution in [2.24, 2.45) is 0 Å². The molecular weight excluding hydrogens is 1200 g/mol. The summed E-state index contributed by atoms with van der Waals surface area (Å²) in [6.07, 6.45) is 30.8. The van der Waals surface area contributed by atoms with Crippen LogP contribution >= 0.6 is 0 Å². The van der Waals surface area contributed by atoms with Crippen LogP contribution < -0.4 is 44.9 Å². The average Bonchev–Trinajstić information content (AvgIpc) is 0.922. The first kappa shape index (κ1) is 64.2. The van der Waals surface area contributed by atoms with Gasteiger partial charge >= 0.3 is 0 Å². The fourth-order valence-electron chi connectivity index (χ4n) is 13.1. The number of hydrogen-bond donors (Lipinski definition) is 3. The van der Waals surface area contributed by atoms with E-state index in [2.05, 4.69) is 134 Å². The maximum absolute atomic E-state index is 8.98. The van der Waals surface area contributed by atoms with Gasteiger partial charge in [0.05, 0.1) is 74.5 Å². The normalized spacial score (nSPS) is 21.5. The van der Waals surface area contributed by atoms with E-state index >= 15 is 0 Å². The van der Waals surface area contributed by atoms with E-state index in [1.54, 1.807) is 55.6 Å². The molecule has 95 heavy (non-hydrogen) atoms. The molecule has 6 aromatic heterocycles. The zero-order valence-corrected chi connectivity index (χ0v) is 54.1. The number of morpholine rings is 3. The van der Waals surface area contributed by atoms with Crippen LogP contribution in [0, 0.1) is 18.3 Å². The second kappa shape index (κ2) is 31.6. The largest absolute Gasteiger partial charge is 0.488 e. The Balaban J connectivity index is 0.000000129. The number of nitrogens with zero attached hydrogens (tertiary/aromatic N) is 16. The van der Waals surface area contributed by atoms with Crippen LogP contribution in [0.1, 0.15) is 101 Å². The number of aromatic nitrogens is 12. The number of anilines is 6. The lowest BCUT2D eigenvalue weighted by molar-refractivity contribution is 0.122. The van der Waals surface area contributed by atoms with Crippen molar-refractivity contribution in [2.45, 2.75) is 134 Å². The standard InChI is InChI=1S/C24H30N6O2.C23H25N7O2.C23H28N6O2/c1-2-17-15-27-24(28-16-17)29-18-3-5-20(6-4-18)32-22-14-19(30-9-11-31-12-10-30)13-21-23(22)26-8-7-25-21;24-15-22-26-6-5-21(29-22)28-16-1-3-18(4-2-16)32-20-14-17(30-9-11-31-12-10-30)13-19-23(20)27-8-7-25-19;1-16-24-7-6-22(27-16)28-17-2-4-19(5-3-17)31-21-15-18(29-10-12-30-13-11-29)14-20-23(21)26-9-8-25-20/h7-8,13-16,18,20H,2-6,9-12H2,1H3,(H,27,28,29);5-8,13-14,16,18H,1-4,9-12H2,(H,26,28,29);6-9,14-15,17,19H,2-5,10-13H2,1H3,(H,24,27,28). The van der Waals surface area contributed by atoms with Crippen LogP contribution in [-0.2, 0) is 20.6 Å². The van der Waals surface area contributed by atoms with Gasteiger partial charge in [0.25, 0.3) is 0 Å². The van der Waals surface area contributed by atoms with E-state index in [4.69, 9.17) is 33.7 Å². The van der Waals surface area contributed by atoms with Crippen molar-refractivity contribution in [2.75, 3.05) is 110 Å². The van der Waals surface area contributed by atoms with E-state index in [1.165, 1.54) is 0 Å². The van der Waals surface area contributed by atoms with Crippen molar-refractivity contribution < 1.29 is 28.4 Å². The Morgan fingerprint density at radius 3 is 1.19 bits per heavy atom. The average molecular weight is 1290 g/mol. The maximum Gasteiger partial charge on any atom is 0.234 e. The Kier molecular flexibility index (Phi) is 21.4. The fourth-order valence-corrected chi connectivity index (χ4v) is 13.1. The zero-order chi connectivity index (χ0) is 64.6. The highest BCUT2D eigenvalue weighted by Crippen LogP contribution is 2.37. The first-order valence-corrected chi connectivity index (χ1v) is 33.7. The summed E-state index contributed by atoms with van der Waals surface area (Å²) >= 11 is 0. The summed E-state index contributed by atoms with van der Waals surface area (Å²) in [7, 11) is 0. The topological polar surface area (TPSA) is 280 Å². The molecule has 25 nitrogen and oxygen atoms in total. The lowest BCUT2D eigenvalue weighted by Gasteiger charge is -2.31. The molecule has 0 spiro atoms. The van der Waals surface area contributed by atoms with Crippen LogP contribution in [0.3, 0.4) is 0 Å². The molecule has 3 aliphatic carbocycles. The Morgan fingerprint density at radius 1 is 0.442 bits per heavy atom. The number of fused-ring (bicyclic) bond motifs is 3. The Labute approximate surface area is 553 Å². The smallest absolute Gasteiger partial charge is 0.234 e. The van der Waals surface area contributed by atoms with Crippen molar-refractivity contribution >= 4 is 67.7 Å². The van der Waals surface area contributed by atoms with Crippen molar-refractivity contribution in [3.05, 3.63) is 128 Å². The summed E-state index contributed by atoms with van der Waals surface area (Å²) < 4.78 is 36.0. The SMILES string of the molecule is CCc1cnc(NC2CCC(Oc3cc(N4CCOCC4)cc4nccnc34)CC2)nc1.Cc1nccc(NC2CCC(Oc3cc(N4CCOCC4)cc4nccnc34)CC2)n1.N#Cc1nccc(NC2CCC(Oc3cc(N4CCOCC4)cc4nccnc34)CC2)n1. The summed E-state index contributed by atoms with van der Waals surface area (Å²) in [5, 5.41) is 19.4. The lowest BCUT2D eigenvalue weighted by Crippen LogP contribution is -2.36. The molecule has 3 aromatic carbocycles. The molecule has 6 aliphatic rings. The van der Waals surface area contributed by atoms with E-state index in [1.807, 2.05) is 31.5 Å². The van der Waals surface area contributed by atoms with Crippen LogP contribution in [0.5, 0.6) is 17.2 Å². The number of benzene rings is 3. The van der Waals surface area contributed by atoms with E-state index in [0.717, 1.165) is 247 Å². The van der Waals surface area contributed by atoms with Crippen molar-refractivity contribution in [1.82, 2.24) is 59.8 Å². The van der Waals surface area contributed by atoms with Gasteiger partial charge in [0.2, 0.25) is 11.8 Å². The quantitative estimate of drug-likeness (QED) is 0.0811. The molecule has 3 aliphatic heterocycles. The Morgan fingerprint density at radius 2 is 0.811 bits per heavy atom. The van der Waals surface area contributed by atoms with Crippen molar-refractivity contribution in [3.63, 3.8) is 0 Å². The first-order chi connectivity index (χ1) is 46.8. The van der Waals surface area contributed by atoms with Gasteiger partial charge in [0.1, 0.15) is 57.3 Å². The molecule has 494 valence electrons. The third kappa shape index (κ3) is 17.1. The number of ether oxygens (including phenoxy) is 6. The monoisotopic (exact) mass is 1290 g/mol. The highest BCUT2D eigenvalue weighted by molar-refractivity contribution is 5.87. The highest BCUT2D eigenvalue weighted by atomic mass is 16.5. The Bertz CT molecular complexity index is 4000. The molecule has 25 heteroatoms. The number of nitriles is 1. The van der Waals surface area contributed by atoms with Gasteiger partial charge < -0.3 is 59.1 Å². The highest BCUT2D eigenvalue weighted by Gasteiger charge is 2.29. The fraction of sp³-hybridized carbons (Fsp3) is 0.471. The first-order valence-electron chi connectivity index (χ1n) is 33.7. The van der Waals surface area contributed by atoms with Crippen LogP contribution in [0.25, 0.3) is 33.1 Å². The van der Waals surface area contributed by atoms with Crippen LogP contribution in [0.4, 0.5) is 34.6 Å². The molecule has 3 N–H and O–H groups in total. The summed E-state index contributed by atoms with van der Waals surface area (Å²) in [5.41, 5.74) is 9.55. The van der Waals surface area contributed by atoms with E-state index in [9.17, 15) is 0 Å². The van der Waals surface area contributed by atoms with Crippen molar-refractivity contribution in [1.29, 1.82) is 5.26 Å². The van der Waals surface area contributed by atoms with Gasteiger partial charge in [-0.3, -0.25) is 15.0 Å². The minimum atomic E-state index is 0.123. The molecule has 3 saturated carbocycles. The molecular formula is C70H83N19O6. The molecule has 0 atom stereocenters. The van der Waals surface area contributed by atoms with Gasteiger partial charge in [0, 0.05) is 155 Å². The molecule has 15 rings (SSSR count). The molecule has 0 unspecified atom stereocenters. The minimum Gasteiger partial charge on any atom is -0.488 e. The number of rotatable bonds is 16. The summed E-state index contributed by atoms with van der Waals surface area (Å²) in [5.74, 6) is 5.72. The van der Waals surface area contributed by atoms with Crippen molar-refractivity contribution in [3.8, 4) is 23.3 Å². The second-order valence-corrected chi connectivity index (χ2v) is 24.7. The molecule has 6 fully saturated rings. The van der Waals surface area contributed by atoms with Gasteiger partial charge in [0.15, 0.2) is 0 Å². The number of hydrogen-bond acceptors (Lipinski definition) is 25. The van der Waals surface area contributed by atoms with E-state index in [-0.39, 0.29) is 24.1 Å². The molecule has 0 radical (unpaired) electrons. The molecule has 0 bridgehead atoms. The van der Waals surface area contributed by atoms with Gasteiger partial charge in [-0.05, 0) is 126 Å². The summed E-state index contributed by atoms with van der Waals surface area (Å²) in [6, 6.07) is 19.4. The second-order valence-electron chi connectivity index (χ2n) is 24.7. The van der Waals surface area contributed by atoms with Gasteiger partial charge in [-0.2, -0.15) is 5.26 Å². The molecule has 9 heterocycles. The third-order valence-corrected chi connectivity index (χ3v) is 18.3. The molecule has 9 aromatic rings. The molecule has 0 amide bonds. The van der Waals surface area contributed by atoms with Crippen LogP contribution in [0.2, 0.25) is 0 Å². The van der Waals surface area contributed by atoms with E-state index < -0.39 is 0 Å².